The number of piperidine rings is 1. The molecule has 42 heavy (non-hydrogen) atoms. The maximum Gasteiger partial charge on any atom is 0.318 e. The molecule has 1 aliphatic rings. The first-order valence-electron chi connectivity index (χ1n) is 14.4. The quantitative estimate of drug-likeness (QED) is 0.217. The minimum atomic E-state index is -0.879. The Morgan fingerprint density at radius 2 is 1.81 bits per heavy atom. The van der Waals surface area contributed by atoms with E-state index in [4.69, 9.17) is 10.5 Å². The molecule has 0 unspecified atom stereocenters. The molecule has 4 aromatic rings. The van der Waals surface area contributed by atoms with Crippen molar-refractivity contribution in [2.45, 2.75) is 50.7 Å². The first-order valence-corrected chi connectivity index (χ1v) is 14.4. The third-order valence-electron chi connectivity index (χ3n) is 8.01. The summed E-state index contributed by atoms with van der Waals surface area (Å²) in [7, 11) is 0. The van der Waals surface area contributed by atoms with Crippen molar-refractivity contribution in [2.75, 3.05) is 25.0 Å². The number of hydrogen-bond donors (Lipinski definition) is 4. The molecule has 5 N–H and O–H groups in total. The van der Waals surface area contributed by atoms with E-state index >= 15 is 0 Å². The van der Waals surface area contributed by atoms with Crippen molar-refractivity contribution in [2.24, 2.45) is 5.73 Å². The molecule has 1 saturated heterocycles. The minimum absolute atomic E-state index is 0.0814. The van der Waals surface area contributed by atoms with E-state index in [1.807, 2.05) is 68.6 Å². The van der Waals surface area contributed by atoms with Crippen LogP contribution in [0.1, 0.15) is 37.8 Å². The highest BCUT2D eigenvalue weighted by atomic mass is 19.1. The number of nitrogens with one attached hydrogen (secondary N) is 3. The summed E-state index contributed by atoms with van der Waals surface area (Å²) in [5.74, 6) is -0.0173. The Labute approximate surface area is 245 Å². The van der Waals surface area contributed by atoms with Gasteiger partial charge < -0.3 is 31.0 Å². The number of halogens is 1. The van der Waals surface area contributed by atoms with Crippen LogP contribution in [0.2, 0.25) is 0 Å². The zero-order valence-electron chi connectivity index (χ0n) is 24.0. The Balaban J connectivity index is 1.33. The molecular weight excluding hydrogens is 533 g/mol. The van der Waals surface area contributed by atoms with Crippen molar-refractivity contribution in [3.05, 3.63) is 95.9 Å². The highest BCUT2D eigenvalue weighted by molar-refractivity contribution is 5.99. The molecule has 1 atom stereocenters. The van der Waals surface area contributed by atoms with Crippen LogP contribution < -0.4 is 21.1 Å². The van der Waals surface area contributed by atoms with Gasteiger partial charge in [-0.15, -0.1) is 0 Å². The Kier molecular flexibility index (Phi) is 8.77. The fourth-order valence-electron chi connectivity index (χ4n) is 5.62. The van der Waals surface area contributed by atoms with Crippen molar-refractivity contribution < 1.29 is 18.7 Å². The topological polar surface area (TPSA) is 112 Å². The van der Waals surface area contributed by atoms with Crippen molar-refractivity contribution in [1.29, 1.82) is 0 Å². The largest absolute Gasteiger partial charge is 0.490 e. The fourth-order valence-corrected chi connectivity index (χ4v) is 5.62. The van der Waals surface area contributed by atoms with Gasteiger partial charge in [-0.3, -0.25) is 4.79 Å². The van der Waals surface area contributed by atoms with Crippen LogP contribution in [0.15, 0.2) is 79.0 Å². The molecule has 0 saturated carbocycles. The fraction of sp³-hybridized carbons (Fsp3) is 0.333. The van der Waals surface area contributed by atoms with Crippen LogP contribution in [0.25, 0.3) is 10.9 Å². The number of H-pyrrole nitrogens is 1. The molecule has 2 heterocycles. The highest BCUT2D eigenvalue weighted by Crippen LogP contribution is 2.34. The summed E-state index contributed by atoms with van der Waals surface area (Å²) in [6, 6.07) is 20.3. The zero-order chi connectivity index (χ0) is 29.7. The molecule has 0 aliphatic carbocycles. The number of carbonyl (C=O) groups excluding carboxylic acids is 2. The third-order valence-corrected chi connectivity index (χ3v) is 8.01. The number of ether oxygens (including phenoxy) is 1. The van der Waals surface area contributed by atoms with Gasteiger partial charge in [0.2, 0.25) is 5.91 Å². The second-order valence-corrected chi connectivity index (χ2v) is 11.3. The lowest BCUT2D eigenvalue weighted by atomic mass is 9.77. The molecule has 3 aromatic carbocycles. The van der Waals surface area contributed by atoms with Crippen molar-refractivity contribution in [3.63, 3.8) is 0 Å². The highest BCUT2D eigenvalue weighted by Gasteiger charge is 2.40. The van der Waals surface area contributed by atoms with Gasteiger partial charge in [-0.2, -0.15) is 0 Å². The Morgan fingerprint density at radius 1 is 1.07 bits per heavy atom. The Bertz CT molecular complexity index is 1530. The lowest BCUT2D eigenvalue weighted by Crippen LogP contribution is -2.58. The Morgan fingerprint density at radius 3 is 2.55 bits per heavy atom. The maximum atomic E-state index is 13.9. The number of hydrogen-bond acceptors (Lipinski definition) is 4. The maximum absolute atomic E-state index is 13.9. The third kappa shape index (κ3) is 6.57. The van der Waals surface area contributed by atoms with Crippen molar-refractivity contribution >= 4 is 28.5 Å². The summed E-state index contributed by atoms with van der Waals surface area (Å²) in [6.45, 7) is 5.40. The average Bonchev–Trinajstić information content (AvgIpc) is 3.43. The second kappa shape index (κ2) is 12.7. The van der Waals surface area contributed by atoms with Gasteiger partial charge in [0.25, 0.3) is 0 Å². The van der Waals surface area contributed by atoms with Gasteiger partial charge in [-0.05, 0) is 66.6 Å². The number of rotatable bonds is 9. The van der Waals surface area contributed by atoms with Crippen molar-refractivity contribution in [1.82, 2.24) is 15.2 Å². The van der Waals surface area contributed by atoms with Gasteiger partial charge in [0.1, 0.15) is 23.7 Å². The van der Waals surface area contributed by atoms with E-state index in [0.29, 0.717) is 50.3 Å². The molecule has 0 spiro atoms. The molecule has 0 radical (unpaired) electrons. The van der Waals surface area contributed by atoms with Crippen LogP contribution in [0.5, 0.6) is 5.75 Å². The molecule has 3 amide bonds. The Hall–Kier alpha value is -4.37. The monoisotopic (exact) mass is 571 g/mol. The van der Waals surface area contributed by atoms with E-state index in [0.717, 1.165) is 22.0 Å². The van der Waals surface area contributed by atoms with E-state index in [-0.39, 0.29) is 23.9 Å². The number of nitrogens with two attached hydrogens (primary N) is 1. The molecule has 8 nitrogen and oxygen atoms in total. The first kappa shape index (κ1) is 29.1. The van der Waals surface area contributed by atoms with E-state index < -0.39 is 11.5 Å². The number of urea groups is 1. The number of anilines is 1. The molecular formula is C33H38FN5O3. The number of para-hydroxylation sites is 1. The molecule has 1 fully saturated rings. The van der Waals surface area contributed by atoms with Crippen LogP contribution in [-0.4, -0.2) is 53.6 Å². The number of likely N-dealkylation sites (tertiary alicyclic amines) is 1. The van der Waals surface area contributed by atoms with E-state index in [1.165, 1.54) is 12.1 Å². The van der Waals surface area contributed by atoms with E-state index in [1.54, 1.807) is 17.0 Å². The average molecular weight is 572 g/mol. The number of nitrogens with zero attached hydrogens (tertiary/aromatic N) is 1. The molecule has 1 aliphatic heterocycles. The SMILES string of the molecule is CC(C)(c1c[nH]c2ccccc12)[C@@H](NC(=O)N1CCC(Oc2ccc(F)cc2)CC1)C(=O)Nc1cccc(CCN)c1. The van der Waals surface area contributed by atoms with Crippen LogP contribution in [0, 0.1) is 5.82 Å². The first-order chi connectivity index (χ1) is 20.2. The van der Waals surface area contributed by atoms with Crippen molar-refractivity contribution in [3.8, 4) is 5.75 Å². The number of amides is 3. The standard InChI is InChI=1S/C33H38FN5O3/c1-33(2,28-21-36-29-9-4-3-8-27(28)29)30(31(40)37-24-7-5-6-22(20-24)14-17-35)38-32(41)39-18-15-26(16-19-39)42-25-12-10-23(34)11-13-25/h3-13,20-21,26,30,36H,14-19,35H2,1-2H3,(H,37,40)(H,38,41)/t30-/m0/s1. The predicted octanol–water partition coefficient (Wildman–Crippen LogP) is 5.35. The molecule has 0 bridgehead atoms. The summed E-state index contributed by atoms with van der Waals surface area (Å²) in [5.41, 5.74) is 8.54. The minimum Gasteiger partial charge on any atom is -0.490 e. The van der Waals surface area contributed by atoms with E-state index in [9.17, 15) is 14.0 Å². The second-order valence-electron chi connectivity index (χ2n) is 11.3. The lowest BCUT2D eigenvalue weighted by molar-refractivity contribution is -0.119. The van der Waals surface area contributed by atoms with Gasteiger partial charge in [0, 0.05) is 54.1 Å². The van der Waals surface area contributed by atoms with Gasteiger partial charge in [-0.25, -0.2) is 9.18 Å². The van der Waals surface area contributed by atoms with Crippen LogP contribution >= 0.6 is 0 Å². The normalized spacial score (nSPS) is 14.9. The van der Waals surface area contributed by atoms with Gasteiger partial charge in [0.05, 0.1) is 0 Å². The van der Waals surface area contributed by atoms with E-state index in [2.05, 4.69) is 15.6 Å². The summed E-state index contributed by atoms with van der Waals surface area (Å²) < 4.78 is 19.2. The number of aromatic nitrogens is 1. The summed E-state index contributed by atoms with van der Waals surface area (Å²) in [5, 5.41) is 7.10. The predicted molar refractivity (Wildman–Crippen MR) is 163 cm³/mol. The molecule has 5 rings (SSSR count). The molecule has 220 valence electrons. The van der Waals surface area contributed by atoms with Gasteiger partial charge >= 0.3 is 6.03 Å². The lowest BCUT2D eigenvalue weighted by Gasteiger charge is -2.37. The molecule has 9 heteroatoms. The van der Waals surface area contributed by atoms with Gasteiger partial charge in [0.15, 0.2) is 0 Å². The summed E-state index contributed by atoms with van der Waals surface area (Å²) in [6.07, 6.45) is 3.79. The van der Waals surface area contributed by atoms with Crippen LogP contribution in [-0.2, 0) is 16.6 Å². The van der Waals surface area contributed by atoms with Crippen LogP contribution in [0.4, 0.5) is 14.9 Å². The number of benzene rings is 3. The zero-order valence-corrected chi connectivity index (χ0v) is 24.0. The van der Waals surface area contributed by atoms with Gasteiger partial charge in [-0.1, -0.05) is 44.2 Å². The number of aromatic amines is 1. The smallest absolute Gasteiger partial charge is 0.318 e. The summed E-state index contributed by atoms with van der Waals surface area (Å²) in [4.78, 5) is 32.6. The number of fused-ring (bicyclic) bond motifs is 1. The summed E-state index contributed by atoms with van der Waals surface area (Å²) >= 11 is 0. The molecule has 1 aromatic heterocycles. The van der Waals surface area contributed by atoms with Crippen LogP contribution in [0.3, 0.4) is 0 Å². The number of carbonyl (C=O) groups is 2.